The van der Waals surface area contributed by atoms with E-state index in [1.807, 2.05) is 0 Å². The minimum absolute atomic E-state index is 0.0239. The van der Waals surface area contributed by atoms with Gasteiger partial charge in [0, 0.05) is 13.5 Å². The number of halogens is 2. The molecule has 0 radical (unpaired) electrons. The van der Waals surface area contributed by atoms with E-state index in [9.17, 15) is 8.78 Å². The lowest BCUT2D eigenvalue weighted by Crippen LogP contribution is -2.11. The summed E-state index contributed by atoms with van der Waals surface area (Å²) in [5, 5.41) is 0. The number of methoxy groups -OCH3 is 1. The van der Waals surface area contributed by atoms with Crippen molar-refractivity contribution in [2.24, 2.45) is 5.41 Å². The summed E-state index contributed by atoms with van der Waals surface area (Å²) in [4.78, 5) is 0. The van der Waals surface area contributed by atoms with Crippen LogP contribution < -0.4 is 0 Å². The molecule has 1 aliphatic rings. The first-order valence-corrected chi connectivity index (χ1v) is 5.34. The van der Waals surface area contributed by atoms with Crippen LogP contribution in [0, 0.1) is 5.41 Å². The zero-order chi connectivity index (χ0) is 10.7. The van der Waals surface area contributed by atoms with Gasteiger partial charge in [0.15, 0.2) is 0 Å². The Morgan fingerprint density at radius 1 is 1.29 bits per heavy atom. The van der Waals surface area contributed by atoms with E-state index < -0.39 is 5.92 Å². The zero-order valence-corrected chi connectivity index (χ0v) is 9.11. The van der Waals surface area contributed by atoms with Crippen LogP contribution in [0.3, 0.4) is 0 Å². The molecule has 0 bridgehead atoms. The van der Waals surface area contributed by atoms with E-state index in [2.05, 4.69) is 0 Å². The van der Waals surface area contributed by atoms with Crippen molar-refractivity contribution in [2.45, 2.75) is 51.4 Å². The Morgan fingerprint density at radius 2 is 1.93 bits per heavy atom. The van der Waals surface area contributed by atoms with Gasteiger partial charge in [-0.2, -0.15) is 0 Å². The molecule has 0 atom stereocenters. The van der Waals surface area contributed by atoms with Gasteiger partial charge in [0.25, 0.3) is 0 Å². The standard InChI is InChI=1S/C11H20F2O/c1-10(12,13)5-3-4-6-11(7-8-11)9-14-2/h3-9H2,1-2H3. The van der Waals surface area contributed by atoms with Crippen LogP contribution in [-0.2, 0) is 4.74 Å². The summed E-state index contributed by atoms with van der Waals surface area (Å²) in [6, 6.07) is 0. The quantitative estimate of drug-likeness (QED) is 0.578. The van der Waals surface area contributed by atoms with Crippen LogP contribution in [-0.4, -0.2) is 19.6 Å². The maximum absolute atomic E-state index is 12.5. The first-order chi connectivity index (χ1) is 6.47. The van der Waals surface area contributed by atoms with Crippen LogP contribution in [0.1, 0.15) is 45.4 Å². The van der Waals surface area contributed by atoms with Crippen molar-refractivity contribution in [3.63, 3.8) is 0 Å². The minimum atomic E-state index is -2.49. The second-order valence-electron chi connectivity index (χ2n) is 4.71. The summed E-state index contributed by atoms with van der Waals surface area (Å²) >= 11 is 0. The van der Waals surface area contributed by atoms with Gasteiger partial charge in [-0.3, -0.25) is 0 Å². The van der Waals surface area contributed by atoms with Gasteiger partial charge < -0.3 is 4.74 Å². The SMILES string of the molecule is COCC1(CCCCC(C)(F)F)CC1. The highest BCUT2D eigenvalue weighted by Gasteiger charge is 2.41. The third kappa shape index (κ3) is 4.36. The van der Waals surface area contributed by atoms with Gasteiger partial charge in [-0.15, -0.1) is 0 Å². The van der Waals surface area contributed by atoms with Crippen LogP contribution in [0.4, 0.5) is 8.78 Å². The van der Waals surface area contributed by atoms with Crippen LogP contribution >= 0.6 is 0 Å². The molecular weight excluding hydrogens is 186 g/mol. The first-order valence-electron chi connectivity index (χ1n) is 5.34. The molecule has 0 aliphatic heterocycles. The van der Waals surface area contributed by atoms with Crippen molar-refractivity contribution < 1.29 is 13.5 Å². The molecule has 0 aromatic heterocycles. The number of rotatable bonds is 7. The molecule has 1 nitrogen and oxygen atoms in total. The van der Waals surface area contributed by atoms with Crippen LogP contribution in [0.15, 0.2) is 0 Å². The Morgan fingerprint density at radius 3 is 2.36 bits per heavy atom. The maximum Gasteiger partial charge on any atom is 0.245 e. The topological polar surface area (TPSA) is 9.23 Å². The number of alkyl halides is 2. The highest BCUT2D eigenvalue weighted by atomic mass is 19.3. The normalized spacial score (nSPS) is 19.7. The maximum atomic E-state index is 12.5. The predicted molar refractivity (Wildman–Crippen MR) is 52.6 cm³/mol. The zero-order valence-electron chi connectivity index (χ0n) is 9.11. The Kier molecular flexibility index (Phi) is 3.87. The molecule has 84 valence electrons. The number of hydrogen-bond donors (Lipinski definition) is 0. The largest absolute Gasteiger partial charge is 0.384 e. The Bertz CT molecular complexity index is 171. The Hall–Kier alpha value is -0.180. The minimum Gasteiger partial charge on any atom is -0.384 e. The van der Waals surface area contributed by atoms with Crippen molar-refractivity contribution in [3.05, 3.63) is 0 Å². The number of ether oxygens (including phenoxy) is 1. The molecule has 14 heavy (non-hydrogen) atoms. The van der Waals surface area contributed by atoms with Gasteiger partial charge in [-0.1, -0.05) is 6.42 Å². The Labute approximate surface area is 84.8 Å². The Balaban J connectivity index is 2.04. The molecule has 0 N–H and O–H groups in total. The molecule has 0 aromatic carbocycles. The number of hydrogen-bond acceptors (Lipinski definition) is 1. The highest BCUT2D eigenvalue weighted by Crippen LogP contribution is 2.50. The summed E-state index contributed by atoms with van der Waals surface area (Å²) in [7, 11) is 1.71. The molecule has 0 aromatic rings. The smallest absolute Gasteiger partial charge is 0.245 e. The van der Waals surface area contributed by atoms with Gasteiger partial charge in [0.05, 0.1) is 6.61 Å². The predicted octanol–water partition coefficient (Wildman–Crippen LogP) is 3.63. The van der Waals surface area contributed by atoms with E-state index in [4.69, 9.17) is 4.74 Å². The van der Waals surface area contributed by atoms with Crippen molar-refractivity contribution in [2.75, 3.05) is 13.7 Å². The fourth-order valence-corrected chi connectivity index (χ4v) is 1.88. The fourth-order valence-electron chi connectivity index (χ4n) is 1.88. The van der Waals surface area contributed by atoms with E-state index >= 15 is 0 Å². The van der Waals surface area contributed by atoms with Gasteiger partial charge >= 0.3 is 0 Å². The molecular formula is C11H20F2O. The van der Waals surface area contributed by atoms with E-state index in [-0.39, 0.29) is 6.42 Å². The van der Waals surface area contributed by atoms with Crippen LogP contribution in [0.2, 0.25) is 0 Å². The summed E-state index contributed by atoms with van der Waals surface area (Å²) in [5.74, 6) is -2.49. The average molecular weight is 206 g/mol. The molecule has 0 saturated heterocycles. The molecule has 1 fully saturated rings. The van der Waals surface area contributed by atoms with Gasteiger partial charge in [0.2, 0.25) is 5.92 Å². The van der Waals surface area contributed by atoms with Gasteiger partial charge in [-0.05, 0) is 38.0 Å². The summed E-state index contributed by atoms with van der Waals surface area (Å²) in [6.45, 7) is 1.80. The molecule has 0 spiro atoms. The molecule has 0 unspecified atom stereocenters. The summed E-state index contributed by atoms with van der Waals surface area (Å²) < 4.78 is 30.1. The first kappa shape index (κ1) is 11.9. The van der Waals surface area contributed by atoms with E-state index in [1.54, 1.807) is 7.11 Å². The van der Waals surface area contributed by atoms with Gasteiger partial charge in [0.1, 0.15) is 0 Å². The lowest BCUT2D eigenvalue weighted by Gasteiger charge is -2.14. The lowest BCUT2D eigenvalue weighted by atomic mass is 9.98. The number of unbranched alkanes of at least 4 members (excludes halogenated alkanes) is 1. The van der Waals surface area contributed by atoms with Crippen molar-refractivity contribution >= 4 is 0 Å². The molecule has 1 saturated carbocycles. The van der Waals surface area contributed by atoms with E-state index in [0.29, 0.717) is 11.8 Å². The van der Waals surface area contributed by atoms with Gasteiger partial charge in [-0.25, -0.2) is 8.78 Å². The fraction of sp³-hybridized carbons (Fsp3) is 1.00. The van der Waals surface area contributed by atoms with Crippen LogP contribution in [0.25, 0.3) is 0 Å². The third-order valence-electron chi connectivity index (χ3n) is 2.98. The summed E-state index contributed by atoms with van der Waals surface area (Å²) in [5.41, 5.74) is 0.359. The molecule has 3 heteroatoms. The highest BCUT2D eigenvalue weighted by molar-refractivity contribution is 4.92. The molecule has 1 aliphatic carbocycles. The molecule has 0 amide bonds. The second-order valence-corrected chi connectivity index (χ2v) is 4.71. The van der Waals surface area contributed by atoms with Crippen molar-refractivity contribution in [1.29, 1.82) is 0 Å². The van der Waals surface area contributed by atoms with Crippen molar-refractivity contribution in [1.82, 2.24) is 0 Å². The summed E-state index contributed by atoms with van der Waals surface area (Å²) in [6.07, 6.45) is 5.04. The van der Waals surface area contributed by atoms with E-state index in [0.717, 1.165) is 26.4 Å². The average Bonchev–Trinajstić information content (AvgIpc) is 2.79. The second kappa shape index (κ2) is 4.56. The van der Waals surface area contributed by atoms with Crippen molar-refractivity contribution in [3.8, 4) is 0 Å². The monoisotopic (exact) mass is 206 g/mol. The van der Waals surface area contributed by atoms with E-state index in [1.165, 1.54) is 12.8 Å². The third-order valence-corrected chi connectivity index (χ3v) is 2.98. The molecule has 0 heterocycles. The lowest BCUT2D eigenvalue weighted by molar-refractivity contribution is 0.00963. The van der Waals surface area contributed by atoms with Crippen LogP contribution in [0.5, 0.6) is 0 Å². The molecule has 1 rings (SSSR count).